The number of methoxy groups -OCH3 is 2. The van der Waals surface area contributed by atoms with Crippen LogP contribution < -0.4 is 10.6 Å². The number of carbonyl (C=O) groups excluding carboxylic acids is 2. The van der Waals surface area contributed by atoms with Gasteiger partial charge in [0.15, 0.2) is 0 Å². The Balaban J connectivity index is 1.97. The highest BCUT2D eigenvalue weighted by Crippen LogP contribution is 2.26. The van der Waals surface area contributed by atoms with Crippen molar-refractivity contribution in [2.24, 2.45) is 0 Å². The molecule has 0 radical (unpaired) electrons. The van der Waals surface area contributed by atoms with Crippen molar-refractivity contribution in [2.45, 2.75) is 12.1 Å². The first kappa shape index (κ1) is 19.2. The Bertz CT molecular complexity index is 816. The molecule has 0 bridgehead atoms. The number of hydrogen-bond acceptors (Lipinski definition) is 6. The lowest BCUT2D eigenvalue weighted by Gasteiger charge is -2.28. The van der Waals surface area contributed by atoms with Gasteiger partial charge in [0.1, 0.15) is 0 Å². The summed E-state index contributed by atoms with van der Waals surface area (Å²) in [6.45, 7) is 0. The van der Waals surface area contributed by atoms with Gasteiger partial charge in [-0.15, -0.1) is 0 Å². The molecule has 1 aliphatic rings. The van der Waals surface area contributed by atoms with E-state index in [-0.39, 0.29) is 0 Å². The number of nitrogens with one attached hydrogen (secondary N) is 2. The molecule has 6 nitrogen and oxygen atoms in total. The normalized spacial score (nSPS) is 18.4. The number of anilines is 2. The van der Waals surface area contributed by atoms with Gasteiger partial charge in [0.05, 0.1) is 37.4 Å². The van der Waals surface area contributed by atoms with E-state index < -0.39 is 24.0 Å². The summed E-state index contributed by atoms with van der Waals surface area (Å²) in [7, 11) is 2.67. The molecule has 2 aromatic carbocycles. The van der Waals surface area contributed by atoms with Gasteiger partial charge >= 0.3 is 11.9 Å². The zero-order chi connectivity index (χ0) is 19.9. The van der Waals surface area contributed by atoms with Crippen LogP contribution in [0, 0.1) is 0 Å². The Kier molecular flexibility index (Phi) is 6.11. The Hall–Kier alpha value is -3.54. The van der Waals surface area contributed by atoms with Crippen LogP contribution in [-0.4, -0.2) is 38.2 Å². The minimum atomic E-state index is -0.530. The van der Waals surface area contributed by atoms with Crippen LogP contribution in [0.15, 0.2) is 84.0 Å². The maximum Gasteiger partial charge on any atom is 0.335 e. The molecule has 28 heavy (non-hydrogen) atoms. The molecule has 1 aliphatic carbocycles. The minimum absolute atomic E-state index is 0.410. The van der Waals surface area contributed by atoms with Crippen LogP contribution in [0.5, 0.6) is 0 Å². The summed E-state index contributed by atoms with van der Waals surface area (Å²) in [5.74, 6) is -0.929. The predicted octanol–water partition coefficient (Wildman–Crippen LogP) is 3.16. The van der Waals surface area contributed by atoms with E-state index in [2.05, 4.69) is 10.6 Å². The van der Waals surface area contributed by atoms with E-state index in [0.29, 0.717) is 11.1 Å². The average molecular weight is 378 g/mol. The topological polar surface area (TPSA) is 76.7 Å². The second kappa shape index (κ2) is 8.90. The summed E-state index contributed by atoms with van der Waals surface area (Å²) < 4.78 is 9.92. The van der Waals surface area contributed by atoms with Crippen molar-refractivity contribution in [3.63, 3.8) is 0 Å². The van der Waals surface area contributed by atoms with Crippen molar-refractivity contribution in [3.05, 3.63) is 84.0 Å². The van der Waals surface area contributed by atoms with E-state index in [1.165, 1.54) is 14.2 Å². The highest BCUT2D eigenvalue weighted by Gasteiger charge is 2.32. The number of ether oxygens (including phenoxy) is 2. The van der Waals surface area contributed by atoms with Crippen LogP contribution in [-0.2, 0) is 19.1 Å². The standard InChI is InChI=1S/C22H22N2O4/c1-27-21(25)17-13-20(24-16-11-7-4-8-12-16)18(22(26)28-2)14-19(17)23-15-9-5-3-6-10-15/h3-14,19-20,23-24H,1-2H3. The van der Waals surface area contributed by atoms with Crippen molar-refractivity contribution in [3.8, 4) is 0 Å². The fraction of sp³-hybridized carbons (Fsp3) is 0.182. The van der Waals surface area contributed by atoms with E-state index in [4.69, 9.17) is 9.47 Å². The van der Waals surface area contributed by atoms with Crippen molar-refractivity contribution < 1.29 is 19.1 Å². The van der Waals surface area contributed by atoms with Crippen molar-refractivity contribution in [1.29, 1.82) is 0 Å². The number of hydrogen-bond donors (Lipinski definition) is 2. The van der Waals surface area contributed by atoms with E-state index in [1.54, 1.807) is 12.2 Å². The fourth-order valence-electron chi connectivity index (χ4n) is 3.04. The lowest BCUT2D eigenvalue weighted by molar-refractivity contribution is -0.137. The van der Waals surface area contributed by atoms with Gasteiger partial charge in [-0.3, -0.25) is 0 Å². The number of rotatable bonds is 6. The highest BCUT2D eigenvalue weighted by atomic mass is 16.5. The van der Waals surface area contributed by atoms with Gasteiger partial charge in [-0.25, -0.2) is 9.59 Å². The molecular weight excluding hydrogens is 356 g/mol. The van der Waals surface area contributed by atoms with Crippen molar-refractivity contribution in [2.75, 3.05) is 24.9 Å². The molecule has 2 N–H and O–H groups in total. The molecule has 2 unspecified atom stereocenters. The summed E-state index contributed by atoms with van der Waals surface area (Å²) in [5, 5.41) is 6.52. The molecule has 0 heterocycles. The summed E-state index contributed by atoms with van der Waals surface area (Å²) in [5.41, 5.74) is 2.45. The second-order valence-corrected chi connectivity index (χ2v) is 6.20. The molecule has 0 amide bonds. The maximum absolute atomic E-state index is 12.4. The third-order valence-electron chi connectivity index (χ3n) is 4.40. The lowest BCUT2D eigenvalue weighted by Crippen LogP contribution is -2.36. The van der Waals surface area contributed by atoms with Crippen molar-refractivity contribution in [1.82, 2.24) is 0 Å². The second-order valence-electron chi connectivity index (χ2n) is 6.20. The largest absolute Gasteiger partial charge is 0.466 e. The quantitative estimate of drug-likeness (QED) is 0.752. The van der Waals surface area contributed by atoms with E-state index in [0.717, 1.165) is 11.4 Å². The smallest absolute Gasteiger partial charge is 0.335 e. The first-order chi connectivity index (χ1) is 13.6. The Morgan fingerprint density at radius 2 is 1.04 bits per heavy atom. The summed E-state index contributed by atoms with van der Waals surface area (Å²) in [6, 6.07) is 17.8. The molecule has 0 aliphatic heterocycles. The van der Waals surface area contributed by atoms with Crippen LogP contribution >= 0.6 is 0 Å². The fourth-order valence-corrected chi connectivity index (χ4v) is 3.04. The van der Waals surface area contributed by atoms with E-state index in [1.807, 2.05) is 60.7 Å². The predicted molar refractivity (Wildman–Crippen MR) is 108 cm³/mol. The molecule has 6 heteroatoms. The average Bonchev–Trinajstić information content (AvgIpc) is 2.74. The van der Waals surface area contributed by atoms with Crippen molar-refractivity contribution >= 4 is 23.3 Å². The SMILES string of the molecule is COC(=O)C1=CC(Nc2ccccc2)C(C(=O)OC)=CC1Nc1ccccc1. The zero-order valence-electron chi connectivity index (χ0n) is 15.7. The van der Waals surface area contributed by atoms with Gasteiger partial charge in [-0.2, -0.15) is 0 Å². The third-order valence-corrected chi connectivity index (χ3v) is 4.40. The Labute approximate surface area is 163 Å². The molecule has 2 atom stereocenters. The first-order valence-electron chi connectivity index (χ1n) is 8.85. The highest BCUT2D eigenvalue weighted by molar-refractivity contribution is 5.97. The minimum Gasteiger partial charge on any atom is -0.466 e. The van der Waals surface area contributed by atoms with Gasteiger partial charge in [-0.05, 0) is 36.4 Å². The van der Waals surface area contributed by atoms with Crippen LogP contribution in [0.3, 0.4) is 0 Å². The van der Waals surface area contributed by atoms with Crippen LogP contribution in [0.25, 0.3) is 0 Å². The molecule has 3 rings (SSSR count). The van der Waals surface area contributed by atoms with Crippen LogP contribution in [0.1, 0.15) is 0 Å². The Morgan fingerprint density at radius 1 is 0.679 bits per heavy atom. The lowest BCUT2D eigenvalue weighted by atomic mass is 9.90. The number of para-hydroxylation sites is 2. The molecular formula is C22H22N2O4. The number of carbonyl (C=O) groups is 2. The van der Waals surface area contributed by atoms with Crippen LogP contribution in [0.4, 0.5) is 11.4 Å². The van der Waals surface area contributed by atoms with Gasteiger partial charge < -0.3 is 20.1 Å². The summed E-state index contributed by atoms with van der Waals surface area (Å²) in [6.07, 6.45) is 3.40. The molecule has 2 aromatic rings. The molecule has 144 valence electrons. The third kappa shape index (κ3) is 4.40. The van der Waals surface area contributed by atoms with E-state index >= 15 is 0 Å². The van der Waals surface area contributed by atoms with Gasteiger partial charge in [-0.1, -0.05) is 36.4 Å². The van der Waals surface area contributed by atoms with Crippen LogP contribution in [0.2, 0.25) is 0 Å². The van der Waals surface area contributed by atoms with Gasteiger partial charge in [0.25, 0.3) is 0 Å². The maximum atomic E-state index is 12.4. The molecule has 0 spiro atoms. The molecule has 0 saturated heterocycles. The van der Waals surface area contributed by atoms with Gasteiger partial charge in [0.2, 0.25) is 0 Å². The summed E-state index contributed by atoms with van der Waals surface area (Å²) in [4.78, 5) is 24.8. The van der Waals surface area contributed by atoms with Gasteiger partial charge in [0, 0.05) is 11.4 Å². The first-order valence-corrected chi connectivity index (χ1v) is 8.85. The number of benzene rings is 2. The monoisotopic (exact) mass is 378 g/mol. The zero-order valence-corrected chi connectivity index (χ0v) is 15.7. The summed E-state index contributed by atoms with van der Waals surface area (Å²) >= 11 is 0. The number of esters is 2. The molecule has 0 fully saturated rings. The Morgan fingerprint density at radius 3 is 1.36 bits per heavy atom. The molecule has 0 saturated carbocycles. The van der Waals surface area contributed by atoms with E-state index in [9.17, 15) is 9.59 Å². The molecule has 0 aromatic heterocycles.